The van der Waals surface area contributed by atoms with Gasteiger partial charge in [0.2, 0.25) is 0 Å². The molecule has 3 aromatic heterocycles. The minimum atomic E-state index is -0.184. The monoisotopic (exact) mass is 412 g/mol. The van der Waals surface area contributed by atoms with Crippen LogP contribution in [0.5, 0.6) is 0 Å². The predicted octanol–water partition coefficient (Wildman–Crippen LogP) is 2.73. The fourth-order valence-corrected chi connectivity index (χ4v) is 4.24. The molecule has 0 amide bonds. The van der Waals surface area contributed by atoms with E-state index in [1.165, 1.54) is 6.33 Å². The fourth-order valence-electron chi connectivity index (χ4n) is 4.24. The van der Waals surface area contributed by atoms with Gasteiger partial charge < -0.3 is 10.3 Å². The summed E-state index contributed by atoms with van der Waals surface area (Å²) in [5.74, 6) is 0.655. The van der Waals surface area contributed by atoms with Crippen molar-refractivity contribution in [2.45, 2.75) is 39.7 Å². The van der Waals surface area contributed by atoms with Crippen molar-refractivity contribution in [1.82, 2.24) is 24.5 Å². The highest BCUT2D eigenvalue weighted by molar-refractivity contribution is 5.82. The Morgan fingerprint density at radius 2 is 1.94 bits per heavy atom. The molecule has 31 heavy (non-hydrogen) atoms. The van der Waals surface area contributed by atoms with Crippen LogP contribution in [0.1, 0.15) is 44.0 Å². The summed E-state index contributed by atoms with van der Waals surface area (Å²) in [4.78, 5) is 29.6. The van der Waals surface area contributed by atoms with E-state index in [2.05, 4.69) is 44.3 Å². The molecule has 0 saturated carbocycles. The maximum atomic E-state index is 13.7. The lowest BCUT2D eigenvalue weighted by molar-refractivity contribution is 0.758. The standard InChI is InChI=1S/C24H24N6O/c1-14-7-9-18(10-8-14)30-19(11-17-6-4-5-15(2)20(17)24(30)31)16(3)29-23-21-22(26-12-25-21)27-13-28-23/h6-13,16H,4-5H2,1-3H3,(H2,25,26,27,28,29). The van der Waals surface area contributed by atoms with E-state index in [1.807, 2.05) is 42.7 Å². The molecule has 0 radical (unpaired) electrons. The topological polar surface area (TPSA) is 88.5 Å². The molecule has 7 nitrogen and oxygen atoms in total. The van der Waals surface area contributed by atoms with E-state index in [9.17, 15) is 4.79 Å². The SMILES string of the molecule is CC1=c2c(cc(C(C)Nc3ncnc4nc[nH]c34)n(-c3ccc(C)cc3)c2=O)=CCC1. The number of H-pyrrole nitrogens is 1. The van der Waals surface area contributed by atoms with Crippen LogP contribution in [0.25, 0.3) is 28.5 Å². The molecule has 0 bridgehead atoms. The van der Waals surface area contributed by atoms with Gasteiger partial charge in [0.15, 0.2) is 11.5 Å². The maximum Gasteiger partial charge on any atom is 0.263 e. The van der Waals surface area contributed by atoms with Crippen molar-refractivity contribution >= 4 is 28.6 Å². The van der Waals surface area contributed by atoms with Crippen molar-refractivity contribution < 1.29 is 0 Å². The largest absolute Gasteiger partial charge is 0.360 e. The van der Waals surface area contributed by atoms with Crippen LogP contribution in [-0.4, -0.2) is 24.5 Å². The van der Waals surface area contributed by atoms with E-state index in [0.29, 0.717) is 11.5 Å². The van der Waals surface area contributed by atoms with Gasteiger partial charge in [0.1, 0.15) is 11.8 Å². The molecule has 1 atom stereocenters. The van der Waals surface area contributed by atoms with Gasteiger partial charge in [0.25, 0.3) is 5.56 Å². The van der Waals surface area contributed by atoms with E-state index in [0.717, 1.165) is 51.3 Å². The van der Waals surface area contributed by atoms with Gasteiger partial charge in [-0.05, 0) is 57.0 Å². The van der Waals surface area contributed by atoms with Gasteiger partial charge in [-0.3, -0.25) is 9.36 Å². The van der Waals surface area contributed by atoms with Crippen LogP contribution in [0, 0.1) is 6.92 Å². The van der Waals surface area contributed by atoms with Gasteiger partial charge in [-0.2, -0.15) is 0 Å². The summed E-state index contributed by atoms with van der Waals surface area (Å²) >= 11 is 0. The third-order valence-electron chi connectivity index (χ3n) is 5.89. The van der Waals surface area contributed by atoms with Crippen molar-refractivity contribution in [3.63, 3.8) is 0 Å². The summed E-state index contributed by atoms with van der Waals surface area (Å²) in [6.45, 7) is 6.14. The number of rotatable bonds is 4. The summed E-state index contributed by atoms with van der Waals surface area (Å²) < 4.78 is 1.82. The van der Waals surface area contributed by atoms with Crippen molar-refractivity contribution in [1.29, 1.82) is 0 Å². The summed E-state index contributed by atoms with van der Waals surface area (Å²) in [5, 5.41) is 5.28. The highest BCUT2D eigenvalue weighted by Gasteiger charge is 2.18. The molecule has 0 aliphatic heterocycles. The molecular weight excluding hydrogens is 388 g/mol. The number of imidazole rings is 1. The second-order valence-corrected chi connectivity index (χ2v) is 8.09. The van der Waals surface area contributed by atoms with E-state index in [4.69, 9.17) is 0 Å². The Labute approximate surface area is 179 Å². The first-order chi connectivity index (χ1) is 15.0. The number of pyridine rings is 1. The number of aromatic amines is 1. The third kappa shape index (κ3) is 3.32. The number of hydrogen-bond donors (Lipinski definition) is 2. The molecule has 0 saturated heterocycles. The molecule has 2 N–H and O–H groups in total. The molecular formula is C24H24N6O. The Bertz CT molecular complexity index is 1460. The van der Waals surface area contributed by atoms with E-state index in [1.54, 1.807) is 6.33 Å². The second kappa shape index (κ2) is 7.50. The Hall–Kier alpha value is -3.74. The lowest BCUT2D eigenvalue weighted by atomic mass is 10.00. The van der Waals surface area contributed by atoms with Crippen LogP contribution in [0.4, 0.5) is 5.82 Å². The molecule has 0 spiro atoms. The number of benzene rings is 1. The van der Waals surface area contributed by atoms with Gasteiger partial charge in [-0.1, -0.05) is 29.3 Å². The van der Waals surface area contributed by atoms with Crippen LogP contribution >= 0.6 is 0 Å². The molecule has 0 fully saturated rings. The van der Waals surface area contributed by atoms with E-state index in [-0.39, 0.29) is 11.6 Å². The number of nitrogens with zero attached hydrogens (tertiary/aromatic N) is 4. The summed E-state index contributed by atoms with van der Waals surface area (Å²) in [7, 11) is 0. The van der Waals surface area contributed by atoms with Crippen molar-refractivity contribution in [3.05, 3.63) is 75.0 Å². The van der Waals surface area contributed by atoms with Crippen LogP contribution in [-0.2, 0) is 0 Å². The fraction of sp³-hybridized carbons (Fsp3) is 0.250. The molecule has 156 valence electrons. The number of nitrogens with one attached hydrogen (secondary N) is 2. The highest BCUT2D eigenvalue weighted by Crippen LogP contribution is 2.22. The zero-order valence-corrected chi connectivity index (χ0v) is 17.8. The van der Waals surface area contributed by atoms with Crippen molar-refractivity contribution in [2.24, 2.45) is 0 Å². The molecule has 1 aliphatic carbocycles. The van der Waals surface area contributed by atoms with E-state index >= 15 is 0 Å². The van der Waals surface area contributed by atoms with Crippen LogP contribution in [0.2, 0.25) is 0 Å². The highest BCUT2D eigenvalue weighted by atomic mass is 16.1. The van der Waals surface area contributed by atoms with Gasteiger partial charge in [-0.15, -0.1) is 0 Å². The minimum absolute atomic E-state index is 0.0211. The molecule has 5 rings (SSSR count). The second-order valence-electron chi connectivity index (χ2n) is 8.09. The molecule has 1 unspecified atom stereocenters. The maximum absolute atomic E-state index is 13.7. The smallest absolute Gasteiger partial charge is 0.263 e. The Kier molecular flexibility index (Phi) is 4.66. The van der Waals surface area contributed by atoms with Gasteiger partial charge in [0.05, 0.1) is 12.4 Å². The zero-order chi connectivity index (χ0) is 21.5. The van der Waals surface area contributed by atoms with Crippen molar-refractivity contribution in [3.8, 4) is 5.69 Å². The first-order valence-electron chi connectivity index (χ1n) is 10.5. The number of aromatic nitrogens is 5. The summed E-state index contributed by atoms with van der Waals surface area (Å²) in [6.07, 6.45) is 7.13. The van der Waals surface area contributed by atoms with Crippen LogP contribution < -0.4 is 21.3 Å². The molecule has 3 heterocycles. The summed E-state index contributed by atoms with van der Waals surface area (Å²) in [6, 6.07) is 10.0. The average molecular weight is 412 g/mol. The minimum Gasteiger partial charge on any atom is -0.360 e. The van der Waals surface area contributed by atoms with E-state index < -0.39 is 0 Å². The number of fused-ring (bicyclic) bond motifs is 2. The summed E-state index contributed by atoms with van der Waals surface area (Å²) in [5.41, 5.74) is 5.40. The molecule has 1 aliphatic rings. The number of hydrogen-bond acceptors (Lipinski definition) is 5. The lowest BCUT2D eigenvalue weighted by Crippen LogP contribution is -2.48. The van der Waals surface area contributed by atoms with Crippen molar-refractivity contribution in [2.75, 3.05) is 5.32 Å². The number of aryl methyl sites for hydroxylation is 1. The van der Waals surface area contributed by atoms with Gasteiger partial charge in [-0.25, -0.2) is 15.0 Å². The third-order valence-corrected chi connectivity index (χ3v) is 5.89. The Morgan fingerprint density at radius 1 is 1.13 bits per heavy atom. The molecule has 1 aromatic carbocycles. The van der Waals surface area contributed by atoms with Gasteiger partial charge in [0, 0.05) is 16.6 Å². The normalized spacial score (nSPS) is 14.2. The quantitative estimate of drug-likeness (QED) is 0.538. The molecule has 4 aromatic rings. The van der Waals surface area contributed by atoms with Crippen LogP contribution in [0.3, 0.4) is 0 Å². The average Bonchev–Trinajstić information content (AvgIpc) is 3.24. The van der Waals surface area contributed by atoms with Gasteiger partial charge >= 0.3 is 0 Å². The molecule has 7 heteroatoms. The Morgan fingerprint density at radius 3 is 2.74 bits per heavy atom. The first-order valence-corrected chi connectivity index (χ1v) is 10.5. The lowest BCUT2D eigenvalue weighted by Gasteiger charge is -2.22. The first kappa shape index (κ1) is 19.2. The number of anilines is 1. The van der Waals surface area contributed by atoms with Crippen LogP contribution in [0.15, 0.2) is 47.8 Å². The zero-order valence-electron chi connectivity index (χ0n) is 17.8. The predicted molar refractivity (Wildman–Crippen MR) is 123 cm³/mol. The Balaban J connectivity index is 1.71.